The zero-order valence-electron chi connectivity index (χ0n) is 16.9. The molecule has 0 aromatic heterocycles. The Labute approximate surface area is 176 Å². The van der Waals surface area contributed by atoms with E-state index in [9.17, 15) is 17.6 Å². The van der Waals surface area contributed by atoms with Crippen molar-refractivity contribution in [3.05, 3.63) is 30.1 Å². The molecule has 166 valence electrons. The molecule has 1 aromatic carbocycles. The summed E-state index contributed by atoms with van der Waals surface area (Å²) >= 11 is 0. The van der Waals surface area contributed by atoms with Crippen molar-refractivity contribution in [3.63, 3.8) is 0 Å². The van der Waals surface area contributed by atoms with Gasteiger partial charge in [-0.25, -0.2) is 12.8 Å². The summed E-state index contributed by atoms with van der Waals surface area (Å²) in [5, 5.41) is 0. The lowest BCUT2D eigenvalue weighted by atomic mass is 10.0. The molecule has 0 bridgehead atoms. The molecule has 1 atom stereocenters. The van der Waals surface area contributed by atoms with Crippen LogP contribution in [0.2, 0.25) is 0 Å². The number of nitrogens with zero attached hydrogens (tertiary/aromatic N) is 3. The van der Waals surface area contributed by atoms with Crippen LogP contribution >= 0.6 is 0 Å². The van der Waals surface area contributed by atoms with Gasteiger partial charge in [-0.1, -0.05) is 18.6 Å². The van der Waals surface area contributed by atoms with Crippen molar-refractivity contribution in [1.29, 1.82) is 0 Å². The average Bonchev–Trinajstić information content (AvgIpc) is 3.29. The largest absolute Gasteiger partial charge is 0.349 e. The van der Waals surface area contributed by atoms with Crippen molar-refractivity contribution in [2.45, 2.75) is 36.5 Å². The Morgan fingerprint density at radius 2 is 1.73 bits per heavy atom. The second-order valence-electron chi connectivity index (χ2n) is 7.86. The first-order valence-corrected chi connectivity index (χ1v) is 11.9. The van der Waals surface area contributed by atoms with Gasteiger partial charge in [0.1, 0.15) is 10.7 Å². The van der Waals surface area contributed by atoms with Crippen molar-refractivity contribution in [1.82, 2.24) is 14.1 Å². The minimum Gasteiger partial charge on any atom is -0.349 e. The normalized spacial score (nSPS) is 25.0. The van der Waals surface area contributed by atoms with Crippen LogP contribution in [0.5, 0.6) is 0 Å². The lowest BCUT2D eigenvalue weighted by Crippen LogP contribution is -2.55. The van der Waals surface area contributed by atoms with E-state index in [1.165, 1.54) is 22.5 Å². The first-order chi connectivity index (χ1) is 14.5. The molecule has 10 heteroatoms. The number of halogens is 1. The summed E-state index contributed by atoms with van der Waals surface area (Å²) in [5.74, 6) is -0.786. The summed E-state index contributed by atoms with van der Waals surface area (Å²) in [6.45, 7) is 3.16. The number of sulfonamides is 1. The molecule has 1 unspecified atom stereocenters. The van der Waals surface area contributed by atoms with Gasteiger partial charge in [-0.2, -0.15) is 4.31 Å². The third-order valence-corrected chi connectivity index (χ3v) is 7.94. The number of benzene rings is 1. The summed E-state index contributed by atoms with van der Waals surface area (Å²) in [5.41, 5.74) is 0. The number of hydrogen-bond acceptors (Lipinski definition) is 6. The number of hydrogen-bond donors (Lipinski definition) is 0. The van der Waals surface area contributed by atoms with E-state index in [1.54, 1.807) is 4.90 Å². The van der Waals surface area contributed by atoms with Gasteiger partial charge in [-0.15, -0.1) is 0 Å². The Kier molecular flexibility index (Phi) is 6.69. The van der Waals surface area contributed by atoms with Gasteiger partial charge in [0.05, 0.1) is 25.8 Å². The number of carbonyl (C=O) groups excluding carboxylic acids is 1. The quantitative estimate of drug-likeness (QED) is 0.675. The van der Waals surface area contributed by atoms with Gasteiger partial charge >= 0.3 is 0 Å². The number of piperidine rings is 1. The average molecular weight is 442 g/mol. The van der Waals surface area contributed by atoms with Gasteiger partial charge in [-0.3, -0.25) is 9.69 Å². The first kappa shape index (κ1) is 21.6. The maximum atomic E-state index is 14.0. The lowest BCUT2D eigenvalue weighted by molar-refractivity contribution is -0.140. The smallest absolute Gasteiger partial charge is 0.246 e. The maximum Gasteiger partial charge on any atom is 0.246 e. The van der Waals surface area contributed by atoms with Crippen LogP contribution in [0.1, 0.15) is 19.3 Å². The second-order valence-corrected chi connectivity index (χ2v) is 9.77. The molecule has 1 amide bonds. The summed E-state index contributed by atoms with van der Waals surface area (Å²) < 4.78 is 52.0. The van der Waals surface area contributed by atoms with Gasteiger partial charge in [0.2, 0.25) is 15.9 Å². The van der Waals surface area contributed by atoms with E-state index in [-0.39, 0.29) is 42.8 Å². The molecule has 0 N–H and O–H groups in total. The maximum absolute atomic E-state index is 14.0. The summed E-state index contributed by atoms with van der Waals surface area (Å²) in [6, 6.07) is 5.45. The monoisotopic (exact) mass is 441 g/mol. The summed E-state index contributed by atoms with van der Waals surface area (Å²) in [7, 11) is -3.91. The number of carbonyl (C=O) groups is 1. The molecule has 0 radical (unpaired) electrons. The standard InChI is InChI=1S/C20H28FN3O5S/c21-16-5-1-2-7-18(16)30(26,27)24-11-9-22(10-12-24)19(25)15-23-8-4-3-6-17(23)20-28-13-14-29-20/h1-2,5,7,17,20H,3-4,6,8-15H2. The predicted molar refractivity (Wildman–Crippen MR) is 107 cm³/mol. The molecule has 30 heavy (non-hydrogen) atoms. The van der Waals surface area contributed by atoms with Crippen LogP contribution in [0.3, 0.4) is 0 Å². The molecule has 3 heterocycles. The highest BCUT2D eigenvalue weighted by molar-refractivity contribution is 7.89. The fourth-order valence-electron chi connectivity index (χ4n) is 4.36. The Bertz CT molecular complexity index is 854. The van der Waals surface area contributed by atoms with E-state index in [0.29, 0.717) is 26.3 Å². The van der Waals surface area contributed by atoms with Crippen molar-refractivity contribution < 1.29 is 27.1 Å². The number of amides is 1. The van der Waals surface area contributed by atoms with Crippen molar-refractivity contribution >= 4 is 15.9 Å². The lowest BCUT2D eigenvalue weighted by Gasteiger charge is -2.39. The van der Waals surface area contributed by atoms with E-state index in [2.05, 4.69) is 4.90 Å². The SMILES string of the molecule is O=C(CN1CCCCC1C1OCCO1)N1CCN(S(=O)(=O)c2ccccc2F)CC1. The van der Waals surface area contributed by atoms with Crippen LogP contribution in [0, 0.1) is 5.82 Å². The van der Waals surface area contributed by atoms with Crippen LogP contribution in [-0.4, -0.2) is 93.2 Å². The third-order valence-electron chi connectivity index (χ3n) is 6.01. The molecule has 8 nitrogen and oxygen atoms in total. The zero-order valence-corrected chi connectivity index (χ0v) is 17.7. The van der Waals surface area contributed by atoms with Crippen molar-refractivity contribution in [3.8, 4) is 0 Å². The molecular formula is C20H28FN3O5S. The number of likely N-dealkylation sites (tertiary alicyclic amines) is 1. The Morgan fingerprint density at radius 3 is 2.43 bits per heavy atom. The highest BCUT2D eigenvalue weighted by Crippen LogP contribution is 2.25. The van der Waals surface area contributed by atoms with E-state index in [0.717, 1.165) is 31.9 Å². The molecular weight excluding hydrogens is 413 g/mol. The van der Waals surface area contributed by atoms with Crippen LogP contribution in [-0.2, 0) is 24.3 Å². The minimum absolute atomic E-state index is 0.0252. The molecule has 3 fully saturated rings. The number of piperazine rings is 1. The Hall–Kier alpha value is -1.59. The third kappa shape index (κ3) is 4.52. The van der Waals surface area contributed by atoms with Crippen molar-refractivity contribution in [2.24, 2.45) is 0 Å². The van der Waals surface area contributed by atoms with Crippen LogP contribution in [0.25, 0.3) is 0 Å². The Morgan fingerprint density at radius 1 is 1.03 bits per heavy atom. The summed E-state index contributed by atoms with van der Waals surface area (Å²) in [6.07, 6.45) is 2.78. The molecule has 1 aromatic rings. The van der Waals surface area contributed by atoms with E-state index in [4.69, 9.17) is 9.47 Å². The Balaban J connectivity index is 1.34. The zero-order chi connectivity index (χ0) is 21.1. The molecule has 3 saturated heterocycles. The molecule has 0 spiro atoms. The highest BCUT2D eigenvalue weighted by atomic mass is 32.2. The molecule has 3 aliphatic heterocycles. The van der Waals surface area contributed by atoms with Gasteiger partial charge in [0.25, 0.3) is 0 Å². The number of ether oxygens (including phenoxy) is 2. The van der Waals surface area contributed by atoms with E-state index in [1.807, 2.05) is 0 Å². The minimum atomic E-state index is -3.91. The fourth-order valence-corrected chi connectivity index (χ4v) is 5.85. The van der Waals surface area contributed by atoms with Crippen LogP contribution in [0.15, 0.2) is 29.2 Å². The fraction of sp³-hybridized carbons (Fsp3) is 0.650. The molecule has 0 aliphatic carbocycles. The molecule has 3 aliphatic rings. The van der Waals surface area contributed by atoms with Gasteiger partial charge in [0.15, 0.2) is 6.29 Å². The van der Waals surface area contributed by atoms with E-state index < -0.39 is 15.8 Å². The van der Waals surface area contributed by atoms with Gasteiger partial charge < -0.3 is 14.4 Å². The van der Waals surface area contributed by atoms with E-state index >= 15 is 0 Å². The number of rotatable bonds is 5. The van der Waals surface area contributed by atoms with Gasteiger partial charge in [-0.05, 0) is 31.5 Å². The highest BCUT2D eigenvalue weighted by Gasteiger charge is 2.36. The second kappa shape index (κ2) is 9.27. The predicted octanol–water partition coefficient (Wildman–Crippen LogP) is 0.886. The topological polar surface area (TPSA) is 79.4 Å². The molecule has 0 saturated carbocycles. The van der Waals surface area contributed by atoms with Crippen LogP contribution in [0.4, 0.5) is 4.39 Å². The molecule has 4 rings (SSSR count). The summed E-state index contributed by atoms with van der Waals surface area (Å²) in [4.78, 5) is 16.4. The van der Waals surface area contributed by atoms with Crippen LogP contribution < -0.4 is 0 Å². The van der Waals surface area contributed by atoms with Crippen molar-refractivity contribution in [2.75, 3.05) is 52.5 Å². The van der Waals surface area contributed by atoms with Gasteiger partial charge in [0, 0.05) is 26.2 Å². The first-order valence-electron chi connectivity index (χ1n) is 10.5.